The molecule has 0 aromatic heterocycles. The number of carbonyl (C=O) groups is 2. The molecule has 0 spiro atoms. The number of carbonyl (C=O) groups excluding carboxylic acids is 2. The summed E-state index contributed by atoms with van der Waals surface area (Å²) in [4.78, 5) is 25.9. The highest BCUT2D eigenvalue weighted by Crippen LogP contribution is 2.41. The molecule has 2 amide bonds. The Balaban J connectivity index is 2.04. The predicted octanol–water partition coefficient (Wildman–Crippen LogP) is 2.61. The van der Waals surface area contributed by atoms with E-state index in [0.717, 1.165) is 12.8 Å². The number of hydrogen-bond donors (Lipinski definition) is 0. The Bertz CT molecular complexity index is 598. The van der Waals surface area contributed by atoms with Crippen molar-refractivity contribution >= 4 is 33.4 Å². The molecule has 1 aliphatic heterocycles. The van der Waals surface area contributed by atoms with Gasteiger partial charge in [0.05, 0.1) is 17.3 Å². The van der Waals surface area contributed by atoms with Gasteiger partial charge in [-0.15, -0.1) is 0 Å². The second-order valence-corrected chi connectivity index (χ2v) is 5.85. The van der Waals surface area contributed by atoms with Crippen LogP contribution in [0.3, 0.4) is 0 Å². The van der Waals surface area contributed by atoms with Crippen LogP contribution >= 0.6 is 15.9 Å². The number of anilines is 1. The first kappa shape index (κ1) is 12.4. The number of rotatable bonds is 1. The van der Waals surface area contributed by atoms with E-state index < -0.39 is 0 Å². The fourth-order valence-corrected chi connectivity index (χ4v) is 3.46. The Kier molecular flexibility index (Phi) is 2.90. The van der Waals surface area contributed by atoms with Gasteiger partial charge in [-0.3, -0.25) is 9.59 Å². The standard InChI is InChI=1S/C14H11BrN2O2/c15-11-5-8(7-16)1-4-12(11)17-13(18)9-2-3-10(6-9)14(17)19/h1,4-5,9-10H,2-3,6H2. The molecule has 0 N–H and O–H groups in total. The lowest BCUT2D eigenvalue weighted by Crippen LogP contribution is -2.46. The Morgan fingerprint density at radius 1 is 1.21 bits per heavy atom. The molecule has 2 atom stereocenters. The average Bonchev–Trinajstić information content (AvgIpc) is 2.85. The van der Waals surface area contributed by atoms with E-state index in [2.05, 4.69) is 15.9 Å². The van der Waals surface area contributed by atoms with Gasteiger partial charge in [0.1, 0.15) is 0 Å². The molecule has 2 unspecified atom stereocenters. The number of nitriles is 1. The van der Waals surface area contributed by atoms with E-state index >= 15 is 0 Å². The summed E-state index contributed by atoms with van der Waals surface area (Å²) < 4.78 is 0.606. The van der Waals surface area contributed by atoms with Crippen molar-refractivity contribution < 1.29 is 9.59 Å². The molecule has 1 heterocycles. The summed E-state index contributed by atoms with van der Waals surface area (Å²) in [5.74, 6) is -0.260. The highest BCUT2D eigenvalue weighted by atomic mass is 79.9. The maximum Gasteiger partial charge on any atom is 0.236 e. The highest BCUT2D eigenvalue weighted by molar-refractivity contribution is 9.10. The van der Waals surface area contributed by atoms with Gasteiger partial charge in [-0.1, -0.05) is 0 Å². The summed E-state index contributed by atoms with van der Waals surface area (Å²) in [5.41, 5.74) is 1.04. The van der Waals surface area contributed by atoms with E-state index in [-0.39, 0.29) is 23.7 Å². The number of piperidine rings is 1. The van der Waals surface area contributed by atoms with Crippen LogP contribution < -0.4 is 4.90 Å². The van der Waals surface area contributed by atoms with Crippen LogP contribution in [-0.4, -0.2) is 11.8 Å². The molecule has 0 radical (unpaired) electrons. The highest BCUT2D eigenvalue weighted by Gasteiger charge is 2.46. The van der Waals surface area contributed by atoms with Crippen LogP contribution in [0.25, 0.3) is 0 Å². The summed E-state index contributed by atoms with van der Waals surface area (Å²) >= 11 is 3.34. The summed E-state index contributed by atoms with van der Waals surface area (Å²) in [6.45, 7) is 0. The van der Waals surface area contributed by atoms with Crippen LogP contribution in [0.2, 0.25) is 0 Å². The summed E-state index contributed by atoms with van der Waals surface area (Å²) in [7, 11) is 0. The van der Waals surface area contributed by atoms with Gasteiger partial charge in [0.15, 0.2) is 0 Å². The Morgan fingerprint density at radius 3 is 2.37 bits per heavy atom. The maximum absolute atomic E-state index is 12.3. The molecule has 2 bridgehead atoms. The molecule has 2 aliphatic rings. The van der Waals surface area contributed by atoms with Gasteiger partial charge < -0.3 is 0 Å². The number of halogens is 1. The van der Waals surface area contributed by atoms with Crippen LogP contribution in [0.4, 0.5) is 5.69 Å². The van der Waals surface area contributed by atoms with Crippen molar-refractivity contribution in [1.82, 2.24) is 0 Å². The van der Waals surface area contributed by atoms with Crippen molar-refractivity contribution in [1.29, 1.82) is 5.26 Å². The Labute approximate surface area is 119 Å². The number of nitrogens with zero attached hydrogens (tertiary/aromatic N) is 2. The van der Waals surface area contributed by atoms with Crippen molar-refractivity contribution in [3.05, 3.63) is 28.2 Å². The Hall–Kier alpha value is -1.67. The summed E-state index contributed by atoms with van der Waals surface area (Å²) in [6.07, 6.45) is 2.31. The molecule has 19 heavy (non-hydrogen) atoms. The second-order valence-electron chi connectivity index (χ2n) is 5.00. The van der Waals surface area contributed by atoms with Crippen LogP contribution in [0.5, 0.6) is 0 Å². The van der Waals surface area contributed by atoms with E-state index in [0.29, 0.717) is 22.1 Å². The van der Waals surface area contributed by atoms with Crippen LogP contribution in [-0.2, 0) is 9.59 Å². The van der Waals surface area contributed by atoms with E-state index in [4.69, 9.17) is 5.26 Å². The first-order valence-electron chi connectivity index (χ1n) is 6.19. The smallest absolute Gasteiger partial charge is 0.236 e. The SMILES string of the molecule is N#Cc1ccc(N2C(=O)C3CCC(C3)C2=O)c(Br)c1. The normalized spacial score (nSPS) is 25.6. The van der Waals surface area contributed by atoms with Crippen molar-refractivity contribution in [2.75, 3.05) is 4.90 Å². The number of imide groups is 1. The molecular formula is C14H11BrN2O2. The number of amides is 2. The first-order chi connectivity index (χ1) is 9.11. The van der Waals surface area contributed by atoms with Gasteiger partial charge in [0.25, 0.3) is 0 Å². The van der Waals surface area contributed by atoms with Crippen molar-refractivity contribution in [3.63, 3.8) is 0 Å². The molecule has 5 heteroatoms. The van der Waals surface area contributed by atoms with E-state index in [1.54, 1.807) is 18.2 Å². The maximum atomic E-state index is 12.3. The molecule has 96 valence electrons. The summed E-state index contributed by atoms with van der Waals surface area (Å²) in [5, 5.41) is 8.84. The minimum absolute atomic E-state index is 0.0229. The van der Waals surface area contributed by atoms with Crippen LogP contribution in [0, 0.1) is 23.2 Å². The second kappa shape index (κ2) is 4.46. The van der Waals surface area contributed by atoms with Crippen molar-refractivity contribution in [2.24, 2.45) is 11.8 Å². The lowest BCUT2D eigenvalue weighted by atomic mass is 9.96. The molecule has 2 fully saturated rings. The fourth-order valence-electron chi connectivity index (χ4n) is 2.90. The van der Waals surface area contributed by atoms with E-state index in [1.807, 2.05) is 6.07 Å². The average molecular weight is 319 g/mol. The topological polar surface area (TPSA) is 61.2 Å². The molecule has 1 aromatic carbocycles. The van der Waals surface area contributed by atoms with Crippen LogP contribution in [0.15, 0.2) is 22.7 Å². The zero-order chi connectivity index (χ0) is 13.6. The number of hydrogen-bond acceptors (Lipinski definition) is 3. The zero-order valence-electron chi connectivity index (χ0n) is 10.1. The molecule has 1 saturated carbocycles. The monoisotopic (exact) mass is 318 g/mol. The van der Waals surface area contributed by atoms with E-state index in [1.165, 1.54) is 4.90 Å². The lowest BCUT2D eigenvalue weighted by molar-refractivity contribution is -0.133. The van der Waals surface area contributed by atoms with Gasteiger partial charge in [0, 0.05) is 16.3 Å². The third-order valence-corrected chi connectivity index (χ3v) is 4.52. The fraction of sp³-hybridized carbons (Fsp3) is 0.357. The molecule has 3 rings (SSSR count). The molecule has 1 aromatic rings. The van der Waals surface area contributed by atoms with E-state index in [9.17, 15) is 9.59 Å². The van der Waals surface area contributed by atoms with Gasteiger partial charge >= 0.3 is 0 Å². The van der Waals surface area contributed by atoms with Crippen molar-refractivity contribution in [3.8, 4) is 6.07 Å². The quantitative estimate of drug-likeness (QED) is 0.748. The molecular weight excluding hydrogens is 308 g/mol. The third-order valence-electron chi connectivity index (χ3n) is 3.89. The van der Waals surface area contributed by atoms with Crippen LogP contribution in [0.1, 0.15) is 24.8 Å². The van der Waals surface area contributed by atoms with Crippen molar-refractivity contribution in [2.45, 2.75) is 19.3 Å². The zero-order valence-corrected chi connectivity index (χ0v) is 11.7. The lowest BCUT2D eigenvalue weighted by Gasteiger charge is -2.30. The first-order valence-corrected chi connectivity index (χ1v) is 6.98. The minimum Gasteiger partial charge on any atom is -0.274 e. The molecule has 1 saturated heterocycles. The number of benzene rings is 1. The van der Waals surface area contributed by atoms with Gasteiger partial charge in [-0.05, 0) is 53.4 Å². The molecule has 4 nitrogen and oxygen atoms in total. The largest absolute Gasteiger partial charge is 0.274 e. The third kappa shape index (κ3) is 1.87. The number of fused-ring (bicyclic) bond motifs is 2. The predicted molar refractivity (Wildman–Crippen MR) is 72.2 cm³/mol. The van der Waals surface area contributed by atoms with Gasteiger partial charge in [0.2, 0.25) is 11.8 Å². The van der Waals surface area contributed by atoms with Gasteiger partial charge in [-0.2, -0.15) is 5.26 Å². The minimum atomic E-state index is -0.107. The Morgan fingerprint density at radius 2 is 1.84 bits per heavy atom. The summed E-state index contributed by atoms with van der Waals surface area (Å²) in [6, 6.07) is 6.94. The molecule has 1 aliphatic carbocycles. The van der Waals surface area contributed by atoms with Gasteiger partial charge in [-0.25, -0.2) is 4.90 Å².